The molecule has 1 aromatic rings. The molecule has 3 nitrogen and oxygen atoms in total. The van der Waals surface area contributed by atoms with E-state index in [1.807, 2.05) is 32.2 Å². The minimum Gasteiger partial charge on any atom is -0.469 e. The van der Waals surface area contributed by atoms with E-state index < -0.39 is 0 Å². The predicted molar refractivity (Wildman–Crippen MR) is 64.0 cm³/mol. The number of carbonyl (C=O) groups is 1. The van der Waals surface area contributed by atoms with Crippen LogP contribution in [-0.2, 0) is 16.1 Å². The number of hydrogen-bond acceptors (Lipinski definition) is 3. The number of carbonyl (C=O) groups excluding carboxylic acids is 1. The molecule has 3 heteroatoms. The zero-order valence-corrected chi connectivity index (χ0v) is 10.1. The molecule has 0 bridgehead atoms. The van der Waals surface area contributed by atoms with E-state index in [1.165, 1.54) is 12.7 Å². The van der Waals surface area contributed by atoms with Gasteiger partial charge in [-0.15, -0.1) is 0 Å². The third-order valence-electron chi connectivity index (χ3n) is 2.72. The topological polar surface area (TPSA) is 29.5 Å². The smallest absolute Gasteiger partial charge is 0.307 e. The van der Waals surface area contributed by atoms with E-state index in [0.29, 0.717) is 6.42 Å². The number of methoxy groups -OCH3 is 1. The Morgan fingerprint density at radius 3 is 2.56 bits per heavy atom. The lowest BCUT2D eigenvalue weighted by Crippen LogP contribution is -2.30. The van der Waals surface area contributed by atoms with E-state index in [9.17, 15) is 4.79 Å². The van der Waals surface area contributed by atoms with Gasteiger partial charge in [0.2, 0.25) is 0 Å². The lowest BCUT2D eigenvalue weighted by Gasteiger charge is -2.23. The molecule has 0 radical (unpaired) electrons. The standard InChI is InChI=1S/C13H19NO2/c1-11(9-13(15)16-3)14(2)10-12-7-5-4-6-8-12/h4-8,11H,9-10H2,1-3H3. The van der Waals surface area contributed by atoms with E-state index >= 15 is 0 Å². The van der Waals surface area contributed by atoms with Crippen LogP contribution in [-0.4, -0.2) is 31.1 Å². The van der Waals surface area contributed by atoms with Gasteiger partial charge in [-0.2, -0.15) is 0 Å². The number of hydrogen-bond donors (Lipinski definition) is 0. The average Bonchev–Trinajstić information content (AvgIpc) is 2.30. The van der Waals surface area contributed by atoms with Gasteiger partial charge >= 0.3 is 5.97 Å². The van der Waals surface area contributed by atoms with Crippen LogP contribution in [0.1, 0.15) is 18.9 Å². The van der Waals surface area contributed by atoms with E-state index in [0.717, 1.165) is 6.54 Å². The molecule has 0 saturated carbocycles. The maximum atomic E-state index is 11.1. The number of ether oxygens (including phenoxy) is 1. The molecule has 0 aliphatic rings. The van der Waals surface area contributed by atoms with Crippen molar-refractivity contribution >= 4 is 5.97 Å². The van der Waals surface area contributed by atoms with Crippen LogP contribution in [0.15, 0.2) is 30.3 Å². The molecule has 0 N–H and O–H groups in total. The summed E-state index contributed by atoms with van der Waals surface area (Å²) in [6, 6.07) is 10.4. The summed E-state index contributed by atoms with van der Waals surface area (Å²) in [6.45, 7) is 2.87. The maximum absolute atomic E-state index is 11.1. The highest BCUT2D eigenvalue weighted by atomic mass is 16.5. The van der Waals surface area contributed by atoms with Crippen LogP contribution in [0.3, 0.4) is 0 Å². The monoisotopic (exact) mass is 221 g/mol. The fourth-order valence-corrected chi connectivity index (χ4v) is 1.51. The largest absolute Gasteiger partial charge is 0.469 e. The van der Waals surface area contributed by atoms with Gasteiger partial charge in [0.25, 0.3) is 0 Å². The van der Waals surface area contributed by atoms with Crippen molar-refractivity contribution in [3.8, 4) is 0 Å². The highest BCUT2D eigenvalue weighted by Gasteiger charge is 2.13. The summed E-state index contributed by atoms with van der Waals surface area (Å²) in [4.78, 5) is 13.3. The van der Waals surface area contributed by atoms with Crippen LogP contribution in [0.5, 0.6) is 0 Å². The third-order valence-corrected chi connectivity index (χ3v) is 2.72. The molecule has 0 aromatic heterocycles. The van der Waals surface area contributed by atoms with E-state index in [-0.39, 0.29) is 12.0 Å². The first-order chi connectivity index (χ1) is 7.63. The maximum Gasteiger partial charge on any atom is 0.307 e. The van der Waals surface area contributed by atoms with E-state index in [4.69, 9.17) is 0 Å². The molecule has 0 heterocycles. The molecule has 1 unspecified atom stereocenters. The lowest BCUT2D eigenvalue weighted by atomic mass is 10.1. The molecule has 0 spiro atoms. The zero-order valence-electron chi connectivity index (χ0n) is 10.1. The number of nitrogens with zero attached hydrogens (tertiary/aromatic N) is 1. The number of rotatable bonds is 5. The van der Waals surface area contributed by atoms with Crippen LogP contribution in [0, 0.1) is 0 Å². The first-order valence-electron chi connectivity index (χ1n) is 5.44. The van der Waals surface area contributed by atoms with Crippen LogP contribution < -0.4 is 0 Å². The zero-order chi connectivity index (χ0) is 12.0. The molecule has 0 fully saturated rings. The minimum atomic E-state index is -0.160. The molecular weight excluding hydrogens is 202 g/mol. The van der Waals surface area contributed by atoms with Crippen molar-refractivity contribution in [1.82, 2.24) is 4.90 Å². The summed E-state index contributed by atoms with van der Waals surface area (Å²) in [5.74, 6) is -0.160. The Balaban J connectivity index is 2.46. The highest BCUT2D eigenvalue weighted by Crippen LogP contribution is 2.08. The van der Waals surface area contributed by atoms with Gasteiger partial charge in [0.1, 0.15) is 0 Å². The van der Waals surface area contributed by atoms with Gasteiger partial charge in [-0.1, -0.05) is 30.3 Å². The highest BCUT2D eigenvalue weighted by molar-refractivity contribution is 5.69. The number of esters is 1. The van der Waals surface area contributed by atoms with Crippen LogP contribution >= 0.6 is 0 Å². The first-order valence-corrected chi connectivity index (χ1v) is 5.44. The normalized spacial score (nSPS) is 12.5. The van der Waals surface area contributed by atoms with E-state index in [1.54, 1.807) is 0 Å². The van der Waals surface area contributed by atoms with E-state index in [2.05, 4.69) is 21.8 Å². The molecular formula is C13H19NO2. The summed E-state index contributed by atoms with van der Waals surface area (Å²) in [5.41, 5.74) is 1.25. The summed E-state index contributed by atoms with van der Waals surface area (Å²) in [5, 5.41) is 0. The molecule has 1 atom stereocenters. The Hall–Kier alpha value is -1.35. The SMILES string of the molecule is COC(=O)CC(C)N(C)Cc1ccccc1. The fourth-order valence-electron chi connectivity index (χ4n) is 1.51. The molecule has 16 heavy (non-hydrogen) atoms. The molecule has 1 aromatic carbocycles. The molecule has 0 aliphatic heterocycles. The van der Waals surface area contributed by atoms with Crippen molar-refractivity contribution in [3.05, 3.63) is 35.9 Å². The van der Waals surface area contributed by atoms with Gasteiger partial charge in [-0.25, -0.2) is 0 Å². The Bertz CT molecular complexity index is 324. The second kappa shape index (κ2) is 6.28. The number of benzene rings is 1. The lowest BCUT2D eigenvalue weighted by molar-refractivity contribution is -0.141. The van der Waals surface area contributed by atoms with Crippen molar-refractivity contribution in [1.29, 1.82) is 0 Å². The Morgan fingerprint density at radius 1 is 1.38 bits per heavy atom. The second-order valence-electron chi connectivity index (χ2n) is 4.03. The summed E-state index contributed by atoms with van der Waals surface area (Å²) >= 11 is 0. The summed E-state index contributed by atoms with van der Waals surface area (Å²) in [7, 11) is 3.44. The Labute approximate surface area is 97.0 Å². The van der Waals surface area contributed by atoms with Crippen LogP contribution in [0.4, 0.5) is 0 Å². The average molecular weight is 221 g/mol. The van der Waals surface area contributed by atoms with Gasteiger partial charge in [0, 0.05) is 12.6 Å². The van der Waals surface area contributed by atoms with Gasteiger partial charge in [0.15, 0.2) is 0 Å². The molecule has 0 amide bonds. The summed E-state index contributed by atoms with van der Waals surface area (Å²) < 4.78 is 4.66. The van der Waals surface area contributed by atoms with Crippen LogP contribution in [0.25, 0.3) is 0 Å². The summed E-state index contributed by atoms with van der Waals surface area (Å²) in [6.07, 6.45) is 0.430. The fraction of sp³-hybridized carbons (Fsp3) is 0.462. The van der Waals surface area contributed by atoms with Crippen molar-refractivity contribution in [2.45, 2.75) is 25.9 Å². The van der Waals surface area contributed by atoms with Crippen molar-refractivity contribution in [3.63, 3.8) is 0 Å². The Morgan fingerprint density at radius 2 is 2.00 bits per heavy atom. The van der Waals surface area contributed by atoms with Gasteiger partial charge in [-0.05, 0) is 19.5 Å². The van der Waals surface area contributed by atoms with Crippen molar-refractivity contribution in [2.24, 2.45) is 0 Å². The second-order valence-corrected chi connectivity index (χ2v) is 4.03. The van der Waals surface area contributed by atoms with Gasteiger partial charge in [-0.3, -0.25) is 9.69 Å². The molecule has 88 valence electrons. The van der Waals surface area contributed by atoms with Crippen LogP contribution in [0.2, 0.25) is 0 Å². The minimum absolute atomic E-state index is 0.160. The Kier molecular flexibility index (Phi) is 4.99. The molecule has 0 saturated heterocycles. The third kappa shape index (κ3) is 4.03. The van der Waals surface area contributed by atoms with Crippen molar-refractivity contribution in [2.75, 3.05) is 14.2 Å². The molecule has 0 aliphatic carbocycles. The quantitative estimate of drug-likeness (QED) is 0.713. The van der Waals surface area contributed by atoms with Gasteiger partial charge in [0.05, 0.1) is 13.5 Å². The predicted octanol–water partition coefficient (Wildman–Crippen LogP) is 2.07. The van der Waals surface area contributed by atoms with Gasteiger partial charge < -0.3 is 4.74 Å². The first kappa shape index (κ1) is 12.7. The molecule has 1 rings (SSSR count). The van der Waals surface area contributed by atoms with Crippen molar-refractivity contribution < 1.29 is 9.53 Å².